The zero-order valence-electron chi connectivity index (χ0n) is 11.3. The Morgan fingerprint density at radius 3 is 2.55 bits per heavy atom. The average molecular weight is 304 g/mol. The largest absolute Gasteiger partial charge is 0.417 e. The van der Waals surface area contributed by atoms with Gasteiger partial charge >= 0.3 is 6.18 Å². The van der Waals surface area contributed by atoms with Gasteiger partial charge < -0.3 is 5.32 Å². The number of nitrogens with one attached hydrogen (secondary N) is 1. The summed E-state index contributed by atoms with van der Waals surface area (Å²) in [5.74, 6) is -0.810. The van der Waals surface area contributed by atoms with Crippen molar-refractivity contribution in [3.63, 3.8) is 0 Å². The minimum absolute atomic E-state index is 0.0422. The van der Waals surface area contributed by atoms with Gasteiger partial charge in [0, 0.05) is 6.54 Å². The Hall–Kier alpha value is -2.81. The van der Waals surface area contributed by atoms with E-state index < -0.39 is 23.2 Å². The third-order valence-corrected chi connectivity index (χ3v) is 2.99. The molecule has 22 heavy (non-hydrogen) atoms. The van der Waals surface area contributed by atoms with Gasteiger partial charge in [0.1, 0.15) is 0 Å². The molecule has 0 saturated carbocycles. The van der Waals surface area contributed by atoms with Crippen LogP contribution < -0.4 is 5.32 Å². The Morgan fingerprint density at radius 1 is 1.14 bits per heavy atom. The van der Waals surface area contributed by atoms with E-state index in [1.165, 1.54) is 12.1 Å². The van der Waals surface area contributed by atoms with Crippen molar-refractivity contribution in [1.29, 1.82) is 5.26 Å². The molecule has 112 valence electrons. The second-order valence-corrected chi connectivity index (χ2v) is 4.54. The van der Waals surface area contributed by atoms with E-state index in [9.17, 15) is 18.0 Å². The zero-order valence-corrected chi connectivity index (χ0v) is 11.3. The number of carbonyl (C=O) groups excluding carboxylic acids is 1. The van der Waals surface area contributed by atoms with E-state index in [1.54, 1.807) is 24.3 Å². The topological polar surface area (TPSA) is 52.9 Å². The first-order chi connectivity index (χ1) is 10.4. The summed E-state index contributed by atoms with van der Waals surface area (Å²) in [5, 5.41) is 11.2. The van der Waals surface area contributed by atoms with E-state index in [2.05, 4.69) is 5.32 Å². The Labute approximate surface area is 125 Å². The highest BCUT2D eigenvalue weighted by atomic mass is 19.4. The number of nitriles is 1. The molecule has 2 rings (SSSR count). The molecule has 2 aromatic rings. The molecule has 1 amide bonds. The van der Waals surface area contributed by atoms with Crippen LogP contribution in [0.15, 0.2) is 48.5 Å². The normalized spacial score (nSPS) is 10.8. The lowest BCUT2D eigenvalue weighted by molar-refractivity contribution is -0.137. The first-order valence-electron chi connectivity index (χ1n) is 6.35. The number of nitrogens with zero attached hydrogens (tertiary/aromatic N) is 1. The van der Waals surface area contributed by atoms with Crippen LogP contribution in [0.4, 0.5) is 13.2 Å². The molecule has 0 fully saturated rings. The van der Waals surface area contributed by atoms with Crippen LogP contribution in [0.3, 0.4) is 0 Å². The summed E-state index contributed by atoms with van der Waals surface area (Å²) in [5.41, 5.74) is -0.343. The van der Waals surface area contributed by atoms with Crippen molar-refractivity contribution in [2.45, 2.75) is 12.7 Å². The first kappa shape index (κ1) is 15.6. The molecular formula is C16H11F3N2O. The van der Waals surface area contributed by atoms with Gasteiger partial charge in [0.25, 0.3) is 5.91 Å². The first-order valence-corrected chi connectivity index (χ1v) is 6.35. The van der Waals surface area contributed by atoms with Gasteiger partial charge in [-0.3, -0.25) is 4.79 Å². The number of amides is 1. The minimum atomic E-state index is -4.59. The van der Waals surface area contributed by atoms with E-state index >= 15 is 0 Å². The molecule has 0 saturated heterocycles. The second-order valence-electron chi connectivity index (χ2n) is 4.54. The summed E-state index contributed by atoms with van der Waals surface area (Å²) in [6.07, 6.45) is -4.59. The molecule has 6 heteroatoms. The van der Waals surface area contributed by atoms with E-state index in [0.29, 0.717) is 11.1 Å². The predicted octanol–water partition coefficient (Wildman–Crippen LogP) is 3.51. The quantitative estimate of drug-likeness (QED) is 0.943. The molecule has 0 aliphatic rings. The van der Waals surface area contributed by atoms with Crippen LogP contribution in [0, 0.1) is 11.3 Å². The number of benzene rings is 2. The van der Waals surface area contributed by atoms with Crippen LogP contribution in [0.1, 0.15) is 27.0 Å². The van der Waals surface area contributed by atoms with E-state index in [1.807, 2.05) is 6.07 Å². The lowest BCUT2D eigenvalue weighted by Gasteiger charge is -2.12. The van der Waals surface area contributed by atoms with Crippen molar-refractivity contribution >= 4 is 5.91 Å². The van der Waals surface area contributed by atoms with Crippen LogP contribution in [-0.2, 0) is 12.7 Å². The molecule has 0 bridgehead atoms. The summed E-state index contributed by atoms with van der Waals surface area (Å²) < 4.78 is 38.6. The number of hydrogen-bond donors (Lipinski definition) is 1. The predicted molar refractivity (Wildman–Crippen MR) is 73.8 cm³/mol. The van der Waals surface area contributed by atoms with Crippen molar-refractivity contribution in [2.75, 3.05) is 0 Å². The second kappa shape index (κ2) is 6.31. The molecule has 0 heterocycles. The fraction of sp³-hybridized carbons (Fsp3) is 0.125. The van der Waals surface area contributed by atoms with Crippen molar-refractivity contribution in [3.05, 3.63) is 70.8 Å². The Balaban J connectivity index is 2.15. The lowest BCUT2D eigenvalue weighted by Crippen LogP contribution is -2.25. The van der Waals surface area contributed by atoms with Crippen LogP contribution in [0.2, 0.25) is 0 Å². The molecule has 0 aromatic heterocycles. The van der Waals surface area contributed by atoms with Gasteiger partial charge in [-0.1, -0.05) is 24.3 Å². The Bertz CT molecular complexity index is 733. The molecule has 0 atom stereocenters. The summed E-state index contributed by atoms with van der Waals surface area (Å²) in [6.45, 7) is 0.0422. The summed E-state index contributed by atoms with van der Waals surface area (Å²) in [7, 11) is 0. The molecule has 0 aliphatic heterocycles. The van der Waals surface area contributed by atoms with Crippen LogP contribution in [0.5, 0.6) is 0 Å². The lowest BCUT2D eigenvalue weighted by atomic mass is 10.1. The molecule has 0 radical (unpaired) electrons. The minimum Gasteiger partial charge on any atom is -0.348 e. The zero-order chi connectivity index (χ0) is 16.2. The molecule has 0 unspecified atom stereocenters. The van der Waals surface area contributed by atoms with Gasteiger partial charge in [-0.15, -0.1) is 0 Å². The molecule has 1 N–H and O–H groups in total. The number of carbonyl (C=O) groups is 1. The SMILES string of the molecule is N#Cc1cccc(CNC(=O)c2ccccc2C(F)(F)F)c1. The fourth-order valence-electron chi connectivity index (χ4n) is 1.96. The number of alkyl halides is 3. The Morgan fingerprint density at radius 2 is 1.86 bits per heavy atom. The van der Waals surface area contributed by atoms with E-state index in [4.69, 9.17) is 5.26 Å². The highest BCUT2D eigenvalue weighted by Gasteiger charge is 2.34. The fourth-order valence-corrected chi connectivity index (χ4v) is 1.96. The maximum absolute atomic E-state index is 12.9. The molecule has 0 aliphatic carbocycles. The summed E-state index contributed by atoms with van der Waals surface area (Å²) in [6, 6.07) is 13.0. The summed E-state index contributed by atoms with van der Waals surface area (Å²) in [4.78, 5) is 12.0. The van der Waals surface area contributed by atoms with E-state index in [-0.39, 0.29) is 6.54 Å². The molecule has 2 aromatic carbocycles. The number of halogens is 3. The molecule has 0 spiro atoms. The van der Waals surface area contributed by atoms with Gasteiger partial charge in [-0.2, -0.15) is 18.4 Å². The third-order valence-electron chi connectivity index (χ3n) is 2.99. The maximum Gasteiger partial charge on any atom is 0.417 e. The van der Waals surface area contributed by atoms with Crippen molar-refractivity contribution < 1.29 is 18.0 Å². The van der Waals surface area contributed by atoms with Gasteiger partial charge in [0.05, 0.1) is 22.8 Å². The number of rotatable bonds is 3. The van der Waals surface area contributed by atoms with Gasteiger partial charge in [-0.05, 0) is 29.8 Å². The highest BCUT2D eigenvalue weighted by Crippen LogP contribution is 2.31. The van der Waals surface area contributed by atoms with Crippen molar-refractivity contribution in [2.24, 2.45) is 0 Å². The van der Waals surface area contributed by atoms with Gasteiger partial charge in [0.2, 0.25) is 0 Å². The highest BCUT2D eigenvalue weighted by molar-refractivity contribution is 5.95. The van der Waals surface area contributed by atoms with Gasteiger partial charge in [0.15, 0.2) is 0 Å². The van der Waals surface area contributed by atoms with Crippen molar-refractivity contribution in [3.8, 4) is 6.07 Å². The Kier molecular flexibility index (Phi) is 4.47. The smallest absolute Gasteiger partial charge is 0.348 e. The van der Waals surface area contributed by atoms with Crippen LogP contribution in [0.25, 0.3) is 0 Å². The van der Waals surface area contributed by atoms with E-state index in [0.717, 1.165) is 12.1 Å². The summed E-state index contributed by atoms with van der Waals surface area (Å²) >= 11 is 0. The standard InChI is InChI=1S/C16H11F3N2O/c17-16(18,19)14-7-2-1-6-13(14)15(22)21-10-12-5-3-4-11(8-12)9-20/h1-8H,10H2,(H,21,22). The maximum atomic E-state index is 12.9. The number of hydrogen-bond acceptors (Lipinski definition) is 2. The van der Waals surface area contributed by atoms with Crippen molar-refractivity contribution in [1.82, 2.24) is 5.32 Å². The molecular weight excluding hydrogens is 293 g/mol. The van der Waals surface area contributed by atoms with Gasteiger partial charge in [-0.25, -0.2) is 0 Å². The van der Waals surface area contributed by atoms with Crippen LogP contribution in [-0.4, -0.2) is 5.91 Å². The third kappa shape index (κ3) is 3.64. The van der Waals surface area contributed by atoms with Crippen LogP contribution >= 0.6 is 0 Å². The average Bonchev–Trinajstić information content (AvgIpc) is 2.52. The monoisotopic (exact) mass is 304 g/mol. The molecule has 3 nitrogen and oxygen atoms in total.